The lowest BCUT2D eigenvalue weighted by Gasteiger charge is -2.32. The first-order chi connectivity index (χ1) is 11.7. The van der Waals surface area contributed by atoms with Crippen LogP contribution in [0, 0.1) is 5.92 Å². The van der Waals surface area contributed by atoms with Crippen molar-refractivity contribution in [3.8, 4) is 0 Å². The molecular formula is C19H30N4O. The Kier molecular flexibility index (Phi) is 5.82. The van der Waals surface area contributed by atoms with Gasteiger partial charge in [0.2, 0.25) is 5.95 Å². The van der Waals surface area contributed by atoms with Crippen LogP contribution in [0.5, 0.6) is 0 Å². The van der Waals surface area contributed by atoms with Crippen molar-refractivity contribution in [2.45, 2.75) is 51.9 Å². The van der Waals surface area contributed by atoms with Crippen molar-refractivity contribution in [3.05, 3.63) is 18.0 Å². The fourth-order valence-electron chi connectivity index (χ4n) is 3.99. The molecule has 1 aromatic rings. The number of piperidine rings is 2. The zero-order chi connectivity index (χ0) is 16.9. The zero-order valence-corrected chi connectivity index (χ0v) is 15.1. The number of Topliss-reactive ketones (excluding diaryl/α,β-unsaturated/α-hetero) is 1. The summed E-state index contributed by atoms with van der Waals surface area (Å²) in [5.74, 6) is 2.56. The van der Waals surface area contributed by atoms with Crippen LogP contribution in [-0.2, 0) is 4.79 Å². The molecule has 5 heteroatoms. The fourth-order valence-corrected chi connectivity index (χ4v) is 3.99. The van der Waals surface area contributed by atoms with E-state index in [9.17, 15) is 4.79 Å². The predicted octanol–water partition coefficient (Wildman–Crippen LogP) is 2.87. The van der Waals surface area contributed by atoms with Gasteiger partial charge in [-0.2, -0.15) is 0 Å². The first-order valence-electron chi connectivity index (χ1n) is 9.44. The number of rotatable bonds is 5. The minimum Gasteiger partial charge on any atom is -0.341 e. The number of aromatic nitrogens is 2. The molecule has 5 nitrogen and oxygen atoms in total. The van der Waals surface area contributed by atoms with Crippen molar-refractivity contribution < 1.29 is 4.79 Å². The molecule has 0 unspecified atom stereocenters. The second kappa shape index (κ2) is 8.06. The van der Waals surface area contributed by atoms with Crippen LogP contribution in [0.25, 0.3) is 0 Å². The van der Waals surface area contributed by atoms with Crippen LogP contribution < -0.4 is 4.90 Å². The predicted molar refractivity (Wildman–Crippen MR) is 96.4 cm³/mol. The summed E-state index contributed by atoms with van der Waals surface area (Å²) in [6.45, 7) is 8.71. The molecule has 0 aliphatic carbocycles. The molecule has 0 amide bonds. The molecule has 0 atom stereocenters. The van der Waals surface area contributed by atoms with Crippen LogP contribution in [0.1, 0.15) is 57.4 Å². The molecule has 2 saturated heterocycles. The number of ketones is 1. The number of hydrogen-bond acceptors (Lipinski definition) is 5. The number of likely N-dealkylation sites (tertiary alicyclic amines) is 1. The Hall–Kier alpha value is -1.49. The Morgan fingerprint density at radius 3 is 2.25 bits per heavy atom. The summed E-state index contributed by atoms with van der Waals surface area (Å²) >= 11 is 0. The van der Waals surface area contributed by atoms with Gasteiger partial charge in [-0.15, -0.1) is 0 Å². The van der Waals surface area contributed by atoms with Gasteiger partial charge in [-0.3, -0.25) is 9.69 Å². The van der Waals surface area contributed by atoms with Crippen LogP contribution in [-0.4, -0.2) is 53.4 Å². The Balaban J connectivity index is 1.53. The number of anilines is 1. The van der Waals surface area contributed by atoms with Crippen LogP contribution >= 0.6 is 0 Å². The van der Waals surface area contributed by atoms with Gasteiger partial charge in [0.25, 0.3) is 0 Å². The minimum atomic E-state index is 0.257. The van der Waals surface area contributed by atoms with Gasteiger partial charge in [-0.1, -0.05) is 13.3 Å². The highest BCUT2D eigenvalue weighted by molar-refractivity contribution is 5.77. The van der Waals surface area contributed by atoms with E-state index in [1.807, 2.05) is 12.4 Å². The molecule has 1 aromatic heterocycles. The SMILES string of the molecule is CCC1CCN(c2ncc(C3CCN(CC(C)=O)CC3)cn2)CC1. The first-order valence-corrected chi connectivity index (χ1v) is 9.44. The molecule has 2 fully saturated rings. The van der Waals surface area contributed by atoms with Crippen molar-refractivity contribution in [3.63, 3.8) is 0 Å². The lowest BCUT2D eigenvalue weighted by Crippen LogP contribution is -2.36. The van der Waals surface area contributed by atoms with Crippen molar-refractivity contribution in [1.82, 2.24) is 14.9 Å². The van der Waals surface area contributed by atoms with Gasteiger partial charge in [0.05, 0.1) is 6.54 Å². The molecule has 0 spiro atoms. The van der Waals surface area contributed by atoms with Gasteiger partial charge in [-0.05, 0) is 63.1 Å². The third kappa shape index (κ3) is 4.32. The van der Waals surface area contributed by atoms with Gasteiger partial charge >= 0.3 is 0 Å². The van der Waals surface area contributed by atoms with Crippen molar-refractivity contribution in [2.75, 3.05) is 37.6 Å². The van der Waals surface area contributed by atoms with E-state index in [1.165, 1.54) is 24.8 Å². The standard InChI is InChI=1S/C19H30N4O/c1-3-16-4-10-23(11-5-16)19-20-12-18(13-21-19)17-6-8-22(9-7-17)14-15(2)24/h12-13,16-17H,3-11,14H2,1-2H3. The molecule has 3 heterocycles. The van der Waals surface area contributed by atoms with E-state index in [4.69, 9.17) is 0 Å². The maximum atomic E-state index is 11.2. The second-order valence-electron chi connectivity index (χ2n) is 7.41. The molecule has 0 radical (unpaired) electrons. The number of carbonyl (C=O) groups excluding carboxylic acids is 1. The highest BCUT2D eigenvalue weighted by Gasteiger charge is 2.23. The van der Waals surface area contributed by atoms with Gasteiger partial charge in [0, 0.05) is 25.5 Å². The van der Waals surface area contributed by atoms with Gasteiger partial charge in [0.1, 0.15) is 5.78 Å². The fraction of sp³-hybridized carbons (Fsp3) is 0.737. The summed E-state index contributed by atoms with van der Waals surface area (Å²) in [7, 11) is 0. The van der Waals surface area contributed by atoms with Gasteiger partial charge < -0.3 is 4.90 Å². The summed E-state index contributed by atoms with van der Waals surface area (Å²) in [5, 5.41) is 0. The molecule has 0 saturated carbocycles. The Labute approximate surface area is 145 Å². The van der Waals surface area contributed by atoms with Crippen LogP contribution in [0.3, 0.4) is 0 Å². The highest BCUT2D eigenvalue weighted by atomic mass is 16.1. The number of carbonyl (C=O) groups is 1. The Morgan fingerprint density at radius 2 is 1.71 bits per heavy atom. The second-order valence-corrected chi connectivity index (χ2v) is 7.41. The van der Waals surface area contributed by atoms with Crippen molar-refractivity contribution >= 4 is 11.7 Å². The minimum absolute atomic E-state index is 0.257. The number of hydrogen-bond donors (Lipinski definition) is 0. The van der Waals surface area contributed by atoms with E-state index in [0.717, 1.165) is 50.9 Å². The van der Waals surface area contributed by atoms with E-state index in [0.29, 0.717) is 12.5 Å². The molecule has 3 rings (SSSR count). The lowest BCUT2D eigenvalue weighted by molar-refractivity contribution is -0.118. The van der Waals surface area contributed by atoms with Crippen LogP contribution in [0.4, 0.5) is 5.95 Å². The maximum Gasteiger partial charge on any atom is 0.225 e. The van der Waals surface area contributed by atoms with Gasteiger partial charge in [-0.25, -0.2) is 9.97 Å². The van der Waals surface area contributed by atoms with E-state index in [-0.39, 0.29) is 5.78 Å². The molecule has 0 N–H and O–H groups in total. The smallest absolute Gasteiger partial charge is 0.225 e. The molecule has 0 bridgehead atoms. The number of nitrogens with zero attached hydrogens (tertiary/aromatic N) is 4. The largest absolute Gasteiger partial charge is 0.341 e. The monoisotopic (exact) mass is 330 g/mol. The third-order valence-electron chi connectivity index (χ3n) is 5.64. The van der Waals surface area contributed by atoms with E-state index < -0.39 is 0 Å². The summed E-state index contributed by atoms with van der Waals surface area (Å²) in [5.41, 5.74) is 1.25. The highest BCUT2D eigenvalue weighted by Crippen LogP contribution is 2.28. The quantitative estimate of drug-likeness (QED) is 0.831. The van der Waals surface area contributed by atoms with E-state index in [1.54, 1.807) is 6.92 Å². The van der Waals surface area contributed by atoms with Gasteiger partial charge in [0.15, 0.2) is 0 Å². The molecule has 24 heavy (non-hydrogen) atoms. The lowest BCUT2D eigenvalue weighted by atomic mass is 9.91. The molecule has 2 aliphatic rings. The van der Waals surface area contributed by atoms with Crippen molar-refractivity contribution in [1.29, 1.82) is 0 Å². The van der Waals surface area contributed by atoms with E-state index >= 15 is 0 Å². The summed E-state index contributed by atoms with van der Waals surface area (Å²) in [6, 6.07) is 0. The summed E-state index contributed by atoms with van der Waals surface area (Å²) < 4.78 is 0. The van der Waals surface area contributed by atoms with Crippen LogP contribution in [0.2, 0.25) is 0 Å². The molecule has 2 aliphatic heterocycles. The third-order valence-corrected chi connectivity index (χ3v) is 5.64. The molecule has 0 aromatic carbocycles. The molecule has 132 valence electrons. The van der Waals surface area contributed by atoms with Crippen molar-refractivity contribution in [2.24, 2.45) is 5.92 Å². The average Bonchev–Trinajstić information content (AvgIpc) is 2.62. The summed E-state index contributed by atoms with van der Waals surface area (Å²) in [4.78, 5) is 25.1. The molecular weight excluding hydrogens is 300 g/mol. The van der Waals surface area contributed by atoms with E-state index in [2.05, 4.69) is 26.7 Å². The van der Waals surface area contributed by atoms with Crippen LogP contribution in [0.15, 0.2) is 12.4 Å². The summed E-state index contributed by atoms with van der Waals surface area (Å²) in [6.07, 6.45) is 10.1. The normalized spacial score (nSPS) is 21.2. The average molecular weight is 330 g/mol. The maximum absolute atomic E-state index is 11.2. The zero-order valence-electron chi connectivity index (χ0n) is 15.1. The Morgan fingerprint density at radius 1 is 1.08 bits per heavy atom. The first kappa shape index (κ1) is 17.3. The Bertz CT molecular complexity index is 529. The topological polar surface area (TPSA) is 49.3 Å².